The Hall–Kier alpha value is -5.86. The lowest BCUT2D eigenvalue weighted by atomic mass is 9.89. The van der Waals surface area contributed by atoms with Gasteiger partial charge in [-0.05, 0) is 22.8 Å². The van der Waals surface area contributed by atoms with E-state index in [1.54, 1.807) is 0 Å². The van der Waals surface area contributed by atoms with Gasteiger partial charge in [0.2, 0.25) is 0 Å². The Balaban J connectivity index is 1.65. The molecule has 2 nitrogen and oxygen atoms in total. The van der Waals surface area contributed by atoms with Crippen molar-refractivity contribution in [1.29, 1.82) is 0 Å². The second kappa shape index (κ2) is 9.32. The van der Waals surface area contributed by atoms with Crippen LogP contribution in [-0.4, -0.2) is 9.38 Å². The molecular formula is C42H28N2. The van der Waals surface area contributed by atoms with Crippen LogP contribution in [0.1, 0.15) is 5.56 Å². The minimum Gasteiger partial charge on any atom is -0.353 e. The molecule has 0 aliphatic rings. The Labute approximate surface area is 254 Å². The lowest BCUT2D eigenvalue weighted by molar-refractivity contribution is 1.37. The van der Waals surface area contributed by atoms with Gasteiger partial charge in [-0.25, -0.2) is 0 Å². The van der Waals surface area contributed by atoms with Crippen molar-refractivity contribution < 1.29 is 0 Å². The van der Waals surface area contributed by atoms with Crippen LogP contribution in [0.2, 0.25) is 0 Å². The largest absolute Gasteiger partial charge is 0.353 e. The van der Waals surface area contributed by atoms with Crippen LogP contribution in [0.5, 0.6) is 0 Å². The van der Waals surface area contributed by atoms with E-state index in [4.69, 9.17) is 0 Å². The summed E-state index contributed by atoms with van der Waals surface area (Å²) in [6.45, 7) is 8.10. The van der Waals surface area contributed by atoms with Gasteiger partial charge in [0.15, 0.2) is 0 Å². The zero-order valence-corrected chi connectivity index (χ0v) is 24.1. The Bertz CT molecular complexity index is 2610. The fraction of sp³-hybridized carbons (Fsp3) is 0. The molecule has 0 aliphatic heterocycles. The quantitative estimate of drug-likeness (QED) is 0.202. The lowest BCUT2D eigenvalue weighted by Gasteiger charge is -2.14. The molecule has 6 aromatic carbocycles. The van der Waals surface area contributed by atoms with Gasteiger partial charge >= 0.3 is 0 Å². The molecule has 3 aromatic heterocycles. The standard InChI is InChI=1S/C42H28N2/c1-3-15-26(4-2)29-21-13-23-32-37-36(28-18-9-6-10-19-28)42-38(35(40(37)43-39(29)32)27-16-7-5-8-17-27)33-24-14-22-31-30-20-11-12-25-34(30)44(42)41(31)33/h3-25,43H,1-2H2/b26-15+. The second-order valence-corrected chi connectivity index (χ2v) is 11.4. The third-order valence-electron chi connectivity index (χ3n) is 9.20. The number of rotatable bonds is 5. The Morgan fingerprint density at radius 3 is 1.93 bits per heavy atom. The van der Waals surface area contributed by atoms with E-state index in [0.29, 0.717) is 0 Å². The topological polar surface area (TPSA) is 20.2 Å². The van der Waals surface area contributed by atoms with Gasteiger partial charge in [-0.2, -0.15) is 0 Å². The van der Waals surface area contributed by atoms with E-state index in [0.717, 1.165) is 22.2 Å². The van der Waals surface area contributed by atoms with E-state index in [9.17, 15) is 0 Å². The summed E-state index contributed by atoms with van der Waals surface area (Å²) in [6.07, 6.45) is 5.77. The highest BCUT2D eigenvalue weighted by Gasteiger charge is 2.27. The number of benzene rings is 6. The molecule has 0 fully saturated rings. The number of fused-ring (bicyclic) bond motifs is 9. The van der Waals surface area contributed by atoms with Crippen molar-refractivity contribution in [3.8, 4) is 22.3 Å². The van der Waals surface area contributed by atoms with Gasteiger partial charge in [-0.1, -0.05) is 147 Å². The van der Waals surface area contributed by atoms with Gasteiger partial charge in [0.25, 0.3) is 0 Å². The summed E-state index contributed by atoms with van der Waals surface area (Å²) in [7, 11) is 0. The molecule has 1 N–H and O–H groups in total. The van der Waals surface area contributed by atoms with Crippen molar-refractivity contribution in [3.05, 3.63) is 158 Å². The molecule has 9 rings (SSSR count). The predicted molar refractivity (Wildman–Crippen MR) is 190 cm³/mol. The number of allylic oxidation sites excluding steroid dienone is 4. The van der Waals surface area contributed by atoms with Gasteiger partial charge in [-0.15, -0.1) is 0 Å². The van der Waals surface area contributed by atoms with Crippen LogP contribution in [0.15, 0.2) is 153 Å². The smallest absolute Gasteiger partial charge is 0.0634 e. The molecule has 0 spiro atoms. The summed E-state index contributed by atoms with van der Waals surface area (Å²) < 4.78 is 2.53. The predicted octanol–water partition coefficient (Wildman–Crippen LogP) is 11.6. The maximum Gasteiger partial charge on any atom is 0.0634 e. The average molecular weight is 561 g/mol. The van der Waals surface area contributed by atoms with Crippen LogP contribution in [0.4, 0.5) is 0 Å². The highest BCUT2D eigenvalue weighted by molar-refractivity contribution is 6.35. The Kier molecular flexibility index (Phi) is 5.24. The minimum absolute atomic E-state index is 1.04. The summed E-state index contributed by atoms with van der Waals surface area (Å²) in [5.74, 6) is 0. The van der Waals surface area contributed by atoms with E-state index in [1.165, 1.54) is 71.1 Å². The molecule has 3 heterocycles. The van der Waals surface area contributed by atoms with Crippen molar-refractivity contribution in [2.45, 2.75) is 0 Å². The van der Waals surface area contributed by atoms with Crippen LogP contribution in [0, 0.1) is 0 Å². The van der Waals surface area contributed by atoms with Crippen molar-refractivity contribution in [2.24, 2.45) is 0 Å². The zero-order chi connectivity index (χ0) is 29.4. The highest BCUT2D eigenvalue weighted by Crippen LogP contribution is 2.51. The molecule has 0 aliphatic carbocycles. The van der Waals surface area contributed by atoms with E-state index >= 15 is 0 Å². The molecule has 0 unspecified atom stereocenters. The fourth-order valence-electron chi connectivity index (χ4n) is 7.50. The first-order chi connectivity index (χ1) is 21.8. The van der Waals surface area contributed by atoms with Crippen LogP contribution >= 0.6 is 0 Å². The van der Waals surface area contributed by atoms with E-state index in [1.807, 2.05) is 18.2 Å². The maximum atomic E-state index is 4.13. The first kappa shape index (κ1) is 24.7. The number of hydrogen-bond donors (Lipinski definition) is 1. The summed E-state index contributed by atoms with van der Waals surface area (Å²) in [6, 6.07) is 43.9. The number of aromatic amines is 1. The van der Waals surface area contributed by atoms with Crippen molar-refractivity contribution >= 4 is 65.5 Å². The van der Waals surface area contributed by atoms with Crippen LogP contribution in [-0.2, 0) is 0 Å². The van der Waals surface area contributed by atoms with Gasteiger partial charge in [0.1, 0.15) is 0 Å². The number of H-pyrrole nitrogens is 1. The van der Waals surface area contributed by atoms with E-state index in [-0.39, 0.29) is 0 Å². The Morgan fingerprint density at radius 1 is 0.545 bits per heavy atom. The molecule has 44 heavy (non-hydrogen) atoms. The molecule has 206 valence electrons. The average Bonchev–Trinajstić information content (AvgIpc) is 3.74. The normalized spacial score (nSPS) is 12.4. The molecule has 2 heteroatoms. The van der Waals surface area contributed by atoms with Crippen molar-refractivity contribution in [2.75, 3.05) is 0 Å². The Morgan fingerprint density at radius 2 is 1.18 bits per heavy atom. The summed E-state index contributed by atoms with van der Waals surface area (Å²) >= 11 is 0. The monoisotopic (exact) mass is 560 g/mol. The molecule has 0 bridgehead atoms. The number of aromatic nitrogens is 2. The van der Waals surface area contributed by atoms with Gasteiger partial charge in [0.05, 0.1) is 27.6 Å². The van der Waals surface area contributed by atoms with E-state index in [2.05, 4.69) is 144 Å². The number of hydrogen-bond acceptors (Lipinski definition) is 0. The molecular weight excluding hydrogens is 532 g/mol. The van der Waals surface area contributed by atoms with Crippen molar-refractivity contribution in [3.63, 3.8) is 0 Å². The first-order valence-electron chi connectivity index (χ1n) is 15.0. The zero-order valence-electron chi connectivity index (χ0n) is 24.1. The molecule has 9 aromatic rings. The van der Waals surface area contributed by atoms with Crippen LogP contribution in [0.25, 0.3) is 87.7 Å². The molecule has 0 saturated carbocycles. The lowest BCUT2D eigenvalue weighted by Crippen LogP contribution is -1.91. The third-order valence-corrected chi connectivity index (χ3v) is 9.20. The number of nitrogens with one attached hydrogen (secondary N) is 1. The summed E-state index contributed by atoms with van der Waals surface area (Å²) in [4.78, 5) is 3.98. The van der Waals surface area contributed by atoms with Gasteiger partial charge in [-0.3, -0.25) is 0 Å². The summed E-state index contributed by atoms with van der Waals surface area (Å²) in [5, 5.41) is 7.52. The molecule has 0 atom stereocenters. The van der Waals surface area contributed by atoms with Gasteiger partial charge < -0.3 is 9.38 Å². The molecule has 0 amide bonds. The summed E-state index contributed by atoms with van der Waals surface area (Å²) in [5.41, 5.74) is 13.0. The fourth-order valence-corrected chi connectivity index (χ4v) is 7.50. The molecule has 0 saturated heterocycles. The minimum atomic E-state index is 1.04. The van der Waals surface area contributed by atoms with Crippen LogP contribution in [0.3, 0.4) is 0 Å². The third kappa shape index (κ3) is 3.20. The second-order valence-electron chi connectivity index (χ2n) is 11.4. The number of nitrogens with zero attached hydrogens (tertiary/aromatic N) is 1. The maximum absolute atomic E-state index is 4.13. The van der Waals surface area contributed by atoms with Crippen LogP contribution < -0.4 is 0 Å². The molecule has 0 radical (unpaired) electrons. The highest BCUT2D eigenvalue weighted by atomic mass is 14.9. The first-order valence-corrected chi connectivity index (χ1v) is 15.0. The van der Waals surface area contributed by atoms with E-state index < -0.39 is 0 Å². The SMILES string of the molecule is C=C/C=C(\C=C)c1cccc2c1[nH]c1c(-c3ccccc3)c3c4cccc5c6ccccc6n(c3c(-c3ccccc3)c12)c54. The number of para-hydroxylation sites is 3. The van der Waals surface area contributed by atoms with Crippen molar-refractivity contribution in [1.82, 2.24) is 9.38 Å². The van der Waals surface area contributed by atoms with Gasteiger partial charge in [0, 0.05) is 49.0 Å².